The van der Waals surface area contributed by atoms with Crippen LogP contribution in [0.15, 0.2) is 48.5 Å². The van der Waals surface area contributed by atoms with Crippen LogP contribution in [0.3, 0.4) is 0 Å². The van der Waals surface area contributed by atoms with Gasteiger partial charge in [-0.15, -0.1) is 0 Å². The van der Waals surface area contributed by atoms with Gasteiger partial charge in [-0.25, -0.2) is 0 Å². The van der Waals surface area contributed by atoms with Gasteiger partial charge in [0.15, 0.2) is 0 Å². The Hall–Kier alpha value is -2.29. The van der Waals surface area contributed by atoms with Gasteiger partial charge in [0.2, 0.25) is 0 Å². The van der Waals surface area contributed by atoms with Crippen molar-refractivity contribution in [3.05, 3.63) is 59.7 Å². The van der Waals surface area contributed by atoms with E-state index in [4.69, 9.17) is 0 Å². The lowest BCUT2D eigenvalue weighted by Crippen LogP contribution is -2.56. The highest BCUT2D eigenvalue weighted by atomic mass is 16.2. The van der Waals surface area contributed by atoms with E-state index in [2.05, 4.69) is 5.32 Å². The molecule has 0 radical (unpaired) electrons. The predicted molar refractivity (Wildman–Crippen MR) is 82.1 cm³/mol. The quantitative estimate of drug-likeness (QED) is 0.851. The molecule has 0 fully saturated rings. The summed E-state index contributed by atoms with van der Waals surface area (Å²) in [7, 11) is 0. The third-order valence-electron chi connectivity index (χ3n) is 3.72. The second-order valence-corrected chi connectivity index (χ2v) is 5.66. The second-order valence-electron chi connectivity index (χ2n) is 5.66. The molecule has 0 unspecified atom stereocenters. The summed E-state index contributed by atoms with van der Waals surface area (Å²) < 4.78 is 0. The van der Waals surface area contributed by atoms with E-state index >= 15 is 0 Å². The van der Waals surface area contributed by atoms with Crippen LogP contribution in [-0.2, 0) is 0 Å². The number of para-hydroxylation sites is 2. The van der Waals surface area contributed by atoms with Crippen molar-refractivity contribution >= 4 is 17.3 Å². The summed E-state index contributed by atoms with van der Waals surface area (Å²) in [6, 6.07) is 15.6. The van der Waals surface area contributed by atoms with Crippen LogP contribution in [0.5, 0.6) is 0 Å². The van der Waals surface area contributed by atoms with Crippen molar-refractivity contribution < 1.29 is 4.79 Å². The van der Waals surface area contributed by atoms with Gasteiger partial charge in [0.25, 0.3) is 5.91 Å². The summed E-state index contributed by atoms with van der Waals surface area (Å²) in [5.74, 6) is 0.0404. The molecule has 20 heavy (non-hydrogen) atoms. The number of amides is 1. The number of hydrogen-bond donors (Lipinski definition) is 1. The van der Waals surface area contributed by atoms with Crippen LogP contribution in [0, 0.1) is 6.92 Å². The van der Waals surface area contributed by atoms with E-state index in [-0.39, 0.29) is 5.91 Å². The molecule has 0 saturated heterocycles. The minimum atomic E-state index is -0.461. The number of nitrogens with zero attached hydrogens (tertiary/aromatic N) is 1. The number of aryl methyl sites for hydroxylation is 1. The number of benzene rings is 2. The van der Waals surface area contributed by atoms with Crippen LogP contribution < -0.4 is 10.2 Å². The predicted octanol–water partition coefficient (Wildman–Crippen LogP) is 3.80. The van der Waals surface area contributed by atoms with Gasteiger partial charge in [0, 0.05) is 11.4 Å². The minimum absolute atomic E-state index is 0.0404. The summed E-state index contributed by atoms with van der Waals surface area (Å²) in [6.45, 7) is 6.07. The van der Waals surface area contributed by atoms with Crippen molar-refractivity contribution in [3.8, 4) is 0 Å². The van der Waals surface area contributed by atoms with Crippen molar-refractivity contribution in [2.45, 2.75) is 26.4 Å². The zero-order valence-corrected chi connectivity index (χ0v) is 12.0. The van der Waals surface area contributed by atoms with Crippen LogP contribution in [-0.4, -0.2) is 11.6 Å². The first-order valence-corrected chi connectivity index (χ1v) is 6.78. The van der Waals surface area contributed by atoms with Gasteiger partial charge in [-0.2, -0.15) is 0 Å². The minimum Gasteiger partial charge on any atom is -0.362 e. The highest BCUT2D eigenvalue weighted by Gasteiger charge is 2.38. The molecule has 2 aromatic carbocycles. The molecule has 3 rings (SSSR count). The van der Waals surface area contributed by atoms with Crippen molar-refractivity contribution in [2.24, 2.45) is 0 Å². The summed E-state index contributed by atoms with van der Waals surface area (Å²) in [5.41, 5.74) is 3.19. The first-order valence-electron chi connectivity index (χ1n) is 6.78. The first kappa shape index (κ1) is 12.7. The average Bonchev–Trinajstić information content (AvgIpc) is 2.40. The number of hydrogen-bond acceptors (Lipinski definition) is 2. The molecule has 0 atom stereocenters. The monoisotopic (exact) mass is 266 g/mol. The highest BCUT2D eigenvalue weighted by molar-refractivity contribution is 6.12. The molecule has 1 heterocycles. The number of rotatable bonds is 1. The van der Waals surface area contributed by atoms with E-state index in [9.17, 15) is 4.79 Å². The maximum atomic E-state index is 12.9. The zero-order chi connectivity index (χ0) is 14.3. The van der Waals surface area contributed by atoms with Crippen LogP contribution >= 0.6 is 0 Å². The van der Waals surface area contributed by atoms with Crippen molar-refractivity contribution in [1.29, 1.82) is 0 Å². The van der Waals surface area contributed by atoms with E-state index in [1.165, 1.54) is 0 Å². The maximum Gasteiger partial charge on any atom is 0.262 e. The fourth-order valence-corrected chi connectivity index (χ4v) is 2.76. The standard InChI is InChI=1S/C17H18N2O/c1-12-8-4-7-11-15(12)19-16(20)13-9-5-6-10-14(13)18-17(19,2)3/h4-11,18H,1-3H3. The molecule has 0 saturated carbocycles. The SMILES string of the molecule is Cc1ccccc1N1C(=O)c2ccccc2NC1(C)C. The zero-order valence-electron chi connectivity index (χ0n) is 12.0. The van der Waals surface area contributed by atoms with Gasteiger partial charge in [-0.3, -0.25) is 9.69 Å². The van der Waals surface area contributed by atoms with E-state index in [1.54, 1.807) is 0 Å². The molecule has 102 valence electrons. The smallest absolute Gasteiger partial charge is 0.262 e. The lowest BCUT2D eigenvalue weighted by molar-refractivity contribution is 0.0961. The Morgan fingerprint density at radius 2 is 1.65 bits per heavy atom. The molecule has 1 N–H and O–H groups in total. The molecule has 1 aliphatic rings. The van der Waals surface area contributed by atoms with Crippen LogP contribution in [0.1, 0.15) is 29.8 Å². The molecule has 1 amide bonds. The number of carbonyl (C=O) groups is 1. The molecule has 3 nitrogen and oxygen atoms in total. The Labute approximate surface area is 119 Å². The summed E-state index contributed by atoms with van der Waals surface area (Å²) in [6.07, 6.45) is 0. The van der Waals surface area contributed by atoms with Crippen LogP contribution in [0.25, 0.3) is 0 Å². The van der Waals surface area contributed by atoms with E-state index < -0.39 is 5.66 Å². The number of fused-ring (bicyclic) bond motifs is 1. The second kappa shape index (κ2) is 4.37. The largest absolute Gasteiger partial charge is 0.362 e. The third kappa shape index (κ3) is 1.86. The van der Waals surface area contributed by atoms with Crippen molar-refractivity contribution in [1.82, 2.24) is 0 Å². The first-order chi connectivity index (χ1) is 9.50. The summed E-state index contributed by atoms with van der Waals surface area (Å²) in [5, 5.41) is 3.45. The number of anilines is 2. The molecule has 3 heteroatoms. The Balaban J connectivity index is 2.17. The Morgan fingerprint density at radius 1 is 1.00 bits per heavy atom. The topological polar surface area (TPSA) is 32.3 Å². The normalized spacial score (nSPS) is 16.6. The molecular formula is C17H18N2O. The Bertz CT molecular complexity index is 676. The molecule has 2 aromatic rings. The molecule has 0 aromatic heterocycles. The van der Waals surface area contributed by atoms with Gasteiger partial charge in [0.1, 0.15) is 5.66 Å². The molecule has 1 aliphatic heterocycles. The summed E-state index contributed by atoms with van der Waals surface area (Å²) in [4.78, 5) is 14.7. The molecule has 0 aliphatic carbocycles. The number of carbonyl (C=O) groups excluding carboxylic acids is 1. The third-order valence-corrected chi connectivity index (χ3v) is 3.72. The lowest BCUT2D eigenvalue weighted by Gasteiger charge is -2.44. The van der Waals surface area contributed by atoms with Crippen LogP contribution in [0.4, 0.5) is 11.4 Å². The van der Waals surface area contributed by atoms with E-state index in [0.29, 0.717) is 0 Å². The maximum absolute atomic E-state index is 12.9. The van der Waals surface area contributed by atoms with Gasteiger partial charge < -0.3 is 5.32 Å². The Morgan fingerprint density at radius 3 is 2.40 bits per heavy atom. The van der Waals surface area contributed by atoms with E-state index in [1.807, 2.05) is 74.2 Å². The average molecular weight is 266 g/mol. The van der Waals surface area contributed by atoms with Crippen molar-refractivity contribution in [2.75, 3.05) is 10.2 Å². The fourth-order valence-electron chi connectivity index (χ4n) is 2.76. The molecular weight excluding hydrogens is 248 g/mol. The fraction of sp³-hybridized carbons (Fsp3) is 0.235. The summed E-state index contributed by atoms with van der Waals surface area (Å²) >= 11 is 0. The van der Waals surface area contributed by atoms with Gasteiger partial charge in [-0.1, -0.05) is 30.3 Å². The van der Waals surface area contributed by atoms with Gasteiger partial charge in [0.05, 0.1) is 5.56 Å². The van der Waals surface area contributed by atoms with Gasteiger partial charge >= 0.3 is 0 Å². The highest BCUT2D eigenvalue weighted by Crippen LogP contribution is 2.35. The van der Waals surface area contributed by atoms with Crippen LogP contribution in [0.2, 0.25) is 0 Å². The van der Waals surface area contributed by atoms with Crippen molar-refractivity contribution in [3.63, 3.8) is 0 Å². The molecule has 0 bridgehead atoms. The molecule has 0 spiro atoms. The Kier molecular flexibility index (Phi) is 2.78. The van der Waals surface area contributed by atoms with Gasteiger partial charge in [-0.05, 0) is 44.5 Å². The number of nitrogens with one attached hydrogen (secondary N) is 1. The lowest BCUT2D eigenvalue weighted by atomic mass is 10.00. The van der Waals surface area contributed by atoms with E-state index in [0.717, 1.165) is 22.5 Å².